The van der Waals surface area contributed by atoms with Crippen molar-refractivity contribution in [1.29, 1.82) is 0 Å². The van der Waals surface area contributed by atoms with E-state index in [9.17, 15) is 0 Å². The average Bonchev–Trinajstić information content (AvgIpc) is 2.37. The van der Waals surface area contributed by atoms with Crippen LogP contribution in [0.4, 0.5) is 0 Å². The smallest absolute Gasteiger partial charge is 0.0977 e. The molecule has 0 unspecified atom stereocenters. The van der Waals surface area contributed by atoms with Crippen LogP contribution in [0.5, 0.6) is 0 Å². The first-order valence-electron chi connectivity index (χ1n) is 2.67. The van der Waals surface area contributed by atoms with E-state index >= 15 is 0 Å². The molecule has 1 aromatic heterocycles. The highest BCUT2D eigenvalue weighted by atomic mass is 32.1. The monoisotopic (exact) mass is 140 g/mol. The number of hydrogen-bond acceptors (Lipinski definition) is 2. The van der Waals surface area contributed by atoms with Gasteiger partial charge in [-0.2, -0.15) is 11.3 Å². The highest BCUT2D eigenvalue weighted by molar-refractivity contribution is 7.07. The van der Waals surface area contributed by atoms with Crippen molar-refractivity contribution in [3.8, 4) is 0 Å². The van der Waals surface area contributed by atoms with Gasteiger partial charge >= 0.3 is 0 Å². The molecule has 0 amide bonds. The Morgan fingerprint density at radius 3 is 3.00 bits per heavy atom. The van der Waals surface area contributed by atoms with Crippen LogP contribution in [0.15, 0.2) is 29.5 Å². The molecule has 0 bridgehead atoms. The van der Waals surface area contributed by atoms with Crippen molar-refractivity contribution in [2.45, 2.75) is 6.10 Å². The molecule has 1 nitrogen and oxygen atoms in total. The molecule has 1 N–H and O–H groups in total. The Morgan fingerprint density at radius 1 is 1.78 bits per heavy atom. The third kappa shape index (κ3) is 1.40. The number of thiophene rings is 1. The van der Waals surface area contributed by atoms with Crippen LogP contribution in [0.25, 0.3) is 0 Å². The molecule has 0 aliphatic carbocycles. The molecule has 0 aliphatic rings. The summed E-state index contributed by atoms with van der Waals surface area (Å²) in [6.07, 6.45) is 1.03. The third-order valence-corrected chi connectivity index (χ3v) is 1.81. The van der Waals surface area contributed by atoms with Crippen LogP contribution in [0.2, 0.25) is 0 Å². The standard InChI is InChI=1S/C7H8OS/c1-2-7(8)6-3-4-9-5-6/h2-5,7-8H,1H2/t7-/m1/s1. The van der Waals surface area contributed by atoms with E-state index in [4.69, 9.17) is 5.11 Å². The van der Waals surface area contributed by atoms with Gasteiger partial charge in [0.1, 0.15) is 0 Å². The molecule has 0 radical (unpaired) electrons. The summed E-state index contributed by atoms with van der Waals surface area (Å²) in [7, 11) is 0. The molecule has 1 atom stereocenters. The maximum Gasteiger partial charge on any atom is 0.0977 e. The number of rotatable bonds is 2. The predicted molar refractivity (Wildman–Crippen MR) is 39.5 cm³/mol. The first-order chi connectivity index (χ1) is 4.34. The first-order valence-corrected chi connectivity index (χ1v) is 3.61. The van der Waals surface area contributed by atoms with E-state index in [1.165, 1.54) is 6.08 Å². The van der Waals surface area contributed by atoms with Crippen molar-refractivity contribution in [3.05, 3.63) is 35.0 Å². The summed E-state index contributed by atoms with van der Waals surface area (Å²) < 4.78 is 0. The Kier molecular flexibility index (Phi) is 2.03. The Labute approximate surface area is 58.3 Å². The van der Waals surface area contributed by atoms with E-state index in [1.54, 1.807) is 11.3 Å². The van der Waals surface area contributed by atoms with Gasteiger partial charge in [-0.3, -0.25) is 0 Å². The van der Waals surface area contributed by atoms with E-state index in [0.29, 0.717) is 0 Å². The SMILES string of the molecule is C=C[C@@H](O)c1ccsc1. The minimum absolute atomic E-state index is 0.490. The zero-order valence-electron chi connectivity index (χ0n) is 4.95. The molecule has 1 rings (SSSR count). The highest BCUT2D eigenvalue weighted by Crippen LogP contribution is 2.15. The molecular weight excluding hydrogens is 132 g/mol. The number of aliphatic hydroxyl groups excluding tert-OH is 1. The molecule has 1 aromatic rings. The number of aliphatic hydroxyl groups is 1. The lowest BCUT2D eigenvalue weighted by Gasteiger charge is -1.98. The van der Waals surface area contributed by atoms with Gasteiger partial charge < -0.3 is 5.11 Å². The van der Waals surface area contributed by atoms with Crippen molar-refractivity contribution in [2.75, 3.05) is 0 Å². The molecule has 0 saturated heterocycles. The van der Waals surface area contributed by atoms with Crippen LogP contribution >= 0.6 is 11.3 Å². The van der Waals surface area contributed by atoms with Crippen LogP contribution in [-0.2, 0) is 0 Å². The fourth-order valence-corrected chi connectivity index (χ4v) is 1.27. The Hall–Kier alpha value is -0.600. The van der Waals surface area contributed by atoms with Crippen molar-refractivity contribution in [2.24, 2.45) is 0 Å². The summed E-state index contributed by atoms with van der Waals surface area (Å²) in [5.74, 6) is 0. The average molecular weight is 140 g/mol. The first kappa shape index (κ1) is 6.52. The van der Waals surface area contributed by atoms with Crippen LogP contribution in [-0.4, -0.2) is 5.11 Å². The molecule has 48 valence electrons. The second-order valence-corrected chi connectivity index (χ2v) is 2.52. The third-order valence-electron chi connectivity index (χ3n) is 1.11. The largest absolute Gasteiger partial charge is 0.384 e. The normalized spacial score (nSPS) is 13.0. The molecule has 0 aliphatic heterocycles. The van der Waals surface area contributed by atoms with Crippen LogP contribution in [0.3, 0.4) is 0 Å². The van der Waals surface area contributed by atoms with Gasteiger partial charge in [0.15, 0.2) is 0 Å². The molecule has 0 fully saturated rings. The summed E-state index contributed by atoms with van der Waals surface area (Å²) in [4.78, 5) is 0. The molecule has 0 spiro atoms. The van der Waals surface area contributed by atoms with Gasteiger partial charge in [0.2, 0.25) is 0 Å². The van der Waals surface area contributed by atoms with E-state index in [0.717, 1.165) is 5.56 Å². The topological polar surface area (TPSA) is 20.2 Å². The van der Waals surface area contributed by atoms with E-state index in [1.807, 2.05) is 16.8 Å². The minimum Gasteiger partial charge on any atom is -0.384 e. The molecular formula is C7H8OS. The highest BCUT2D eigenvalue weighted by Gasteiger charge is 1.99. The fourth-order valence-electron chi connectivity index (χ4n) is 0.579. The maximum atomic E-state index is 9.11. The Morgan fingerprint density at radius 2 is 2.56 bits per heavy atom. The zero-order valence-corrected chi connectivity index (χ0v) is 5.77. The predicted octanol–water partition coefficient (Wildman–Crippen LogP) is 1.97. The lowest BCUT2D eigenvalue weighted by molar-refractivity contribution is 0.229. The van der Waals surface area contributed by atoms with Gasteiger partial charge in [-0.05, 0) is 22.4 Å². The second kappa shape index (κ2) is 2.80. The molecule has 0 saturated carbocycles. The molecule has 1 heterocycles. The van der Waals surface area contributed by atoms with Gasteiger partial charge in [-0.25, -0.2) is 0 Å². The maximum absolute atomic E-state index is 9.11. The van der Waals surface area contributed by atoms with Crippen molar-refractivity contribution < 1.29 is 5.11 Å². The van der Waals surface area contributed by atoms with E-state index in [2.05, 4.69) is 6.58 Å². The zero-order chi connectivity index (χ0) is 6.69. The summed E-state index contributed by atoms with van der Waals surface area (Å²) in [6.45, 7) is 3.47. The Bertz CT molecular complexity index is 179. The summed E-state index contributed by atoms with van der Waals surface area (Å²) >= 11 is 1.58. The molecule has 2 heteroatoms. The second-order valence-electron chi connectivity index (χ2n) is 1.74. The van der Waals surface area contributed by atoms with Gasteiger partial charge in [-0.15, -0.1) is 6.58 Å². The van der Waals surface area contributed by atoms with Gasteiger partial charge in [0, 0.05) is 0 Å². The molecule has 0 aromatic carbocycles. The van der Waals surface area contributed by atoms with Crippen molar-refractivity contribution in [3.63, 3.8) is 0 Å². The molecule has 9 heavy (non-hydrogen) atoms. The van der Waals surface area contributed by atoms with Crippen LogP contribution in [0.1, 0.15) is 11.7 Å². The van der Waals surface area contributed by atoms with Crippen molar-refractivity contribution >= 4 is 11.3 Å². The fraction of sp³-hybridized carbons (Fsp3) is 0.143. The Balaban J connectivity index is 2.76. The summed E-state index contributed by atoms with van der Waals surface area (Å²) in [5.41, 5.74) is 0.926. The number of hydrogen-bond donors (Lipinski definition) is 1. The van der Waals surface area contributed by atoms with Crippen molar-refractivity contribution in [1.82, 2.24) is 0 Å². The summed E-state index contributed by atoms with van der Waals surface area (Å²) in [6, 6.07) is 1.89. The van der Waals surface area contributed by atoms with Gasteiger partial charge in [-0.1, -0.05) is 6.08 Å². The van der Waals surface area contributed by atoms with Gasteiger partial charge in [0.25, 0.3) is 0 Å². The quantitative estimate of drug-likeness (QED) is 0.623. The van der Waals surface area contributed by atoms with Crippen LogP contribution in [0, 0.1) is 0 Å². The summed E-state index contributed by atoms with van der Waals surface area (Å²) in [5, 5.41) is 12.9. The van der Waals surface area contributed by atoms with E-state index in [-0.39, 0.29) is 0 Å². The lowest BCUT2D eigenvalue weighted by Crippen LogP contribution is -1.87. The lowest BCUT2D eigenvalue weighted by atomic mass is 10.2. The van der Waals surface area contributed by atoms with Gasteiger partial charge in [0.05, 0.1) is 6.10 Å². The van der Waals surface area contributed by atoms with E-state index < -0.39 is 6.10 Å². The van der Waals surface area contributed by atoms with Crippen LogP contribution < -0.4 is 0 Å². The minimum atomic E-state index is -0.490.